The summed E-state index contributed by atoms with van der Waals surface area (Å²) in [4.78, 5) is 15.0. The molecule has 2 aliphatic heterocycles. The van der Waals surface area contributed by atoms with E-state index in [1.807, 2.05) is 84.9 Å². The Balaban J connectivity index is 1.47. The summed E-state index contributed by atoms with van der Waals surface area (Å²) in [5, 5.41) is 0. The highest BCUT2D eigenvalue weighted by Crippen LogP contribution is 2.36. The number of amides is 1. The van der Waals surface area contributed by atoms with Gasteiger partial charge in [-0.15, -0.1) is 0 Å². The lowest BCUT2D eigenvalue weighted by molar-refractivity contribution is 0.150. The molecule has 0 fully saturated rings. The number of anilines is 2. The van der Waals surface area contributed by atoms with Crippen molar-refractivity contribution in [1.29, 1.82) is 0 Å². The van der Waals surface area contributed by atoms with Gasteiger partial charge in [-0.25, -0.2) is 9.69 Å². The van der Waals surface area contributed by atoms with E-state index in [2.05, 4.69) is 12.1 Å². The summed E-state index contributed by atoms with van der Waals surface area (Å²) < 4.78 is 11.9. The van der Waals surface area contributed by atoms with Crippen LogP contribution in [0.15, 0.2) is 97.1 Å². The molecule has 2 heterocycles. The van der Waals surface area contributed by atoms with Crippen LogP contribution in [0.1, 0.15) is 5.56 Å². The molecule has 2 aliphatic rings. The third-order valence-corrected chi connectivity index (χ3v) is 5.90. The molecule has 0 atom stereocenters. The minimum absolute atomic E-state index is 0.00511. The molecule has 0 aliphatic carbocycles. The molecule has 148 valence electrons. The number of hydrogen-bond acceptors (Lipinski definition) is 3. The molecule has 6 rings (SSSR count). The van der Waals surface area contributed by atoms with Gasteiger partial charge in [0.05, 0.1) is 5.69 Å². The largest absolute Gasteiger partial charge is 0.458 e. The van der Waals surface area contributed by atoms with Gasteiger partial charge in [-0.1, -0.05) is 72.8 Å². The molecular weight excluding hydrogens is 385 g/mol. The number of carbonyl (C=O) groups is 1. The second-order valence-electron chi connectivity index (χ2n) is 7.70. The van der Waals surface area contributed by atoms with Crippen LogP contribution in [0.25, 0.3) is 0 Å². The number of benzene rings is 4. The molecule has 0 aromatic heterocycles. The summed E-state index contributed by atoms with van der Waals surface area (Å²) in [6.07, 6.45) is -0.401. The Bertz CT molecular complexity index is 1310. The predicted octanol–water partition coefficient (Wildman–Crippen LogP) is 4.10. The second-order valence-corrected chi connectivity index (χ2v) is 7.70. The van der Waals surface area contributed by atoms with Gasteiger partial charge < -0.3 is 9.47 Å². The molecule has 1 amide bonds. The Hall–Kier alpha value is -3.99. The maximum atomic E-state index is 13.3. The van der Waals surface area contributed by atoms with Crippen molar-refractivity contribution in [1.82, 2.24) is 0 Å². The summed E-state index contributed by atoms with van der Waals surface area (Å²) in [5.74, 6) is 1.63. The first-order chi connectivity index (χ1) is 15.3. The number of carbonyl (C=O) groups excluding carboxylic acids is 1. The molecule has 31 heavy (non-hydrogen) atoms. The zero-order chi connectivity index (χ0) is 20.8. The van der Waals surface area contributed by atoms with Crippen LogP contribution in [0.5, 0.6) is 11.5 Å². The van der Waals surface area contributed by atoms with Crippen molar-refractivity contribution in [3.63, 3.8) is 0 Å². The number of hydrogen-bond donors (Lipinski definition) is 0. The Morgan fingerprint density at radius 3 is 2.29 bits per heavy atom. The van der Waals surface area contributed by atoms with Gasteiger partial charge in [0.15, 0.2) is 0 Å². The quantitative estimate of drug-likeness (QED) is 0.417. The topological polar surface area (TPSA) is 38.8 Å². The lowest BCUT2D eigenvalue weighted by atomic mass is 9.34. The van der Waals surface area contributed by atoms with E-state index in [1.54, 1.807) is 4.90 Å². The number of nitrogens with zero attached hydrogens (tertiary/aromatic N) is 1. The molecule has 0 spiro atoms. The van der Waals surface area contributed by atoms with Crippen LogP contribution in [-0.2, 0) is 11.3 Å². The third kappa shape index (κ3) is 2.81. The summed E-state index contributed by atoms with van der Waals surface area (Å²) in [7, 11) is 0. The molecule has 0 bridgehead atoms. The fourth-order valence-corrected chi connectivity index (χ4v) is 4.56. The van der Waals surface area contributed by atoms with Crippen molar-refractivity contribution >= 4 is 40.6 Å². The average Bonchev–Trinajstić information content (AvgIpc) is 2.83. The molecular formula is C26H18BNO3. The van der Waals surface area contributed by atoms with E-state index in [0.717, 1.165) is 44.8 Å². The maximum Gasteiger partial charge on any atom is 0.419 e. The number of ether oxygens (including phenoxy) is 2. The monoisotopic (exact) mass is 403 g/mol. The molecule has 0 unspecified atom stereocenters. The van der Waals surface area contributed by atoms with Crippen molar-refractivity contribution < 1.29 is 14.3 Å². The van der Waals surface area contributed by atoms with E-state index < -0.39 is 6.09 Å². The van der Waals surface area contributed by atoms with Crippen LogP contribution in [0.2, 0.25) is 0 Å². The first kappa shape index (κ1) is 17.8. The molecule has 0 saturated carbocycles. The maximum absolute atomic E-state index is 13.3. The van der Waals surface area contributed by atoms with E-state index in [9.17, 15) is 4.79 Å². The van der Waals surface area contributed by atoms with Crippen molar-refractivity contribution in [2.75, 3.05) is 4.90 Å². The second kappa shape index (κ2) is 7.06. The van der Waals surface area contributed by atoms with Gasteiger partial charge in [-0.2, -0.15) is 0 Å². The van der Waals surface area contributed by atoms with Gasteiger partial charge >= 0.3 is 6.09 Å². The van der Waals surface area contributed by atoms with E-state index in [-0.39, 0.29) is 13.3 Å². The molecule has 4 nitrogen and oxygen atoms in total. The van der Waals surface area contributed by atoms with Crippen molar-refractivity contribution in [3.8, 4) is 11.5 Å². The molecule has 4 aromatic carbocycles. The highest BCUT2D eigenvalue weighted by molar-refractivity contribution is 6.99. The zero-order valence-corrected chi connectivity index (χ0v) is 16.7. The lowest BCUT2D eigenvalue weighted by Gasteiger charge is -2.38. The summed E-state index contributed by atoms with van der Waals surface area (Å²) >= 11 is 0. The SMILES string of the molecule is O=C(OCc1ccccc1)N1c2ccccc2B2c3ccccc3Oc3cccc1c32. The van der Waals surface area contributed by atoms with Crippen LogP contribution < -0.4 is 26.0 Å². The third-order valence-electron chi connectivity index (χ3n) is 5.90. The highest BCUT2D eigenvalue weighted by Gasteiger charge is 2.42. The van der Waals surface area contributed by atoms with Crippen LogP contribution >= 0.6 is 0 Å². The van der Waals surface area contributed by atoms with Gasteiger partial charge in [-0.05, 0) is 46.2 Å². The fourth-order valence-electron chi connectivity index (χ4n) is 4.56. The summed E-state index contributed by atoms with van der Waals surface area (Å²) in [5.41, 5.74) is 5.76. The van der Waals surface area contributed by atoms with Crippen LogP contribution in [-0.4, -0.2) is 12.8 Å². The molecule has 0 radical (unpaired) electrons. The molecule has 0 N–H and O–H groups in total. The van der Waals surface area contributed by atoms with Gasteiger partial charge in [0.1, 0.15) is 18.1 Å². The van der Waals surface area contributed by atoms with E-state index >= 15 is 0 Å². The molecule has 4 aromatic rings. The smallest absolute Gasteiger partial charge is 0.419 e. The minimum Gasteiger partial charge on any atom is -0.458 e. The van der Waals surface area contributed by atoms with Gasteiger partial charge in [-0.3, -0.25) is 0 Å². The Morgan fingerprint density at radius 1 is 0.742 bits per heavy atom. The predicted molar refractivity (Wildman–Crippen MR) is 123 cm³/mol. The number of fused-ring (bicyclic) bond motifs is 4. The first-order valence-electron chi connectivity index (χ1n) is 10.3. The minimum atomic E-state index is -0.401. The highest BCUT2D eigenvalue weighted by atomic mass is 16.6. The van der Waals surface area contributed by atoms with Crippen LogP contribution in [0, 0.1) is 0 Å². The lowest BCUT2D eigenvalue weighted by Crippen LogP contribution is -2.60. The van der Waals surface area contributed by atoms with Crippen LogP contribution in [0.4, 0.5) is 16.2 Å². The Morgan fingerprint density at radius 2 is 1.42 bits per heavy atom. The van der Waals surface area contributed by atoms with E-state index in [0.29, 0.717) is 0 Å². The van der Waals surface area contributed by atoms with Crippen molar-refractivity contribution in [3.05, 3.63) is 103 Å². The average molecular weight is 403 g/mol. The number of rotatable bonds is 2. The zero-order valence-electron chi connectivity index (χ0n) is 16.7. The Labute approximate surface area is 180 Å². The fraction of sp³-hybridized carbons (Fsp3) is 0.0385. The molecule has 0 saturated heterocycles. The normalized spacial score (nSPS) is 12.9. The molecule has 5 heteroatoms. The van der Waals surface area contributed by atoms with Gasteiger partial charge in [0.25, 0.3) is 6.71 Å². The van der Waals surface area contributed by atoms with Gasteiger partial charge in [0.2, 0.25) is 0 Å². The van der Waals surface area contributed by atoms with Crippen molar-refractivity contribution in [2.45, 2.75) is 6.61 Å². The standard InChI is InChI=1S/C26H18BNO3/c29-26(30-17-18-9-2-1-3-10-18)28-21-13-6-4-11-19(21)27-20-12-5-7-15-23(20)31-24-16-8-14-22(28)25(24)27/h1-16H,17H2. The van der Waals surface area contributed by atoms with E-state index in [4.69, 9.17) is 9.47 Å². The summed E-state index contributed by atoms with van der Waals surface area (Å²) in [6, 6.07) is 31.7. The van der Waals surface area contributed by atoms with E-state index in [1.165, 1.54) is 0 Å². The van der Waals surface area contributed by atoms with Crippen molar-refractivity contribution in [2.24, 2.45) is 0 Å². The van der Waals surface area contributed by atoms with Gasteiger partial charge in [0, 0.05) is 5.69 Å². The number of para-hydroxylation sites is 2. The van der Waals surface area contributed by atoms with Crippen LogP contribution in [0.3, 0.4) is 0 Å². The Kier molecular flexibility index (Phi) is 4.06. The summed E-state index contributed by atoms with van der Waals surface area (Å²) in [6.45, 7) is 0.223. The first-order valence-corrected chi connectivity index (χ1v) is 10.3.